The Morgan fingerprint density at radius 1 is 1.23 bits per heavy atom. The lowest BCUT2D eigenvalue weighted by Gasteiger charge is -2.38. The van der Waals surface area contributed by atoms with E-state index in [4.69, 9.17) is 9.39 Å². The van der Waals surface area contributed by atoms with Crippen LogP contribution in [0.2, 0.25) is 0 Å². The highest BCUT2D eigenvalue weighted by molar-refractivity contribution is 6.61. The summed E-state index contributed by atoms with van der Waals surface area (Å²) in [5.74, 6) is -0.660. The third-order valence-electron chi connectivity index (χ3n) is 3.41. The molecule has 1 rings (SSSR count). The van der Waals surface area contributed by atoms with Gasteiger partial charge in [-0.1, -0.05) is 0 Å². The zero-order chi connectivity index (χ0) is 17.3. The monoisotopic (exact) mass is 312 g/mol. The van der Waals surface area contributed by atoms with Crippen LogP contribution in [0.1, 0.15) is 59.0 Å². The van der Waals surface area contributed by atoms with Crippen LogP contribution in [0.4, 0.5) is 0 Å². The van der Waals surface area contributed by atoms with Crippen molar-refractivity contribution < 1.29 is 24.3 Å². The van der Waals surface area contributed by atoms with Crippen LogP contribution >= 0.6 is 0 Å². The van der Waals surface area contributed by atoms with Crippen LogP contribution in [-0.4, -0.2) is 50.2 Å². The number of carbonyl (C=O) groups excluding carboxylic acids is 1. The van der Waals surface area contributed by atoms with E-state index in [0.29, 0.717) is 0 Å². The molecule has 0 atom stereocenters. The first-order valence-corrected chi connectivity index (χ1v) is 7.10. The van der Waals surface area contributed by atoms with E-state index >= 15 is 0 Å². The van der Waals surface area contributed by atoms with Gasteiger partial charge < -0.3 is 19.5 Å². The molecule has 0 aliphatic carbocycles. The molecule has 0 spiro atoms. The average Bonchev–Trinajstić information content (AvgIpc) is 2.72. The van der Waals surface area contributed by atoms with Gasteiger partial charge in [0.25, 0.3) is 0 Å². The van der Waals surface area contributed by atoms with Crippen molar-refractivity contribution in [3.05, 3.63) is 11.9 Å². The summed E-state index contributed by atoms with van der Waals surface area (Å²) in [5, 5.41) is 26.6. The van der Waals surface area contributed by atoms with Crippen LogP contribution in [0.5, 0.6) is 0 Å². The molecule has 0 unspecified atom stereocenters. The Morgan fingerprint density at radius 3 is 2.23 bits per heavy atom. The molecule has 8 heteroatoms. The normalized spacial score (nSPS) is 13.1. The van der Waals surface area contributed by atoms with Crippen LogP contribution in [0.3, 0.4) is 0 Å². The van der Waals surface area contributed by atoms with E-state index in [-0.39, 0.29) is 11.2 Å². The fourth-order valence-electron chi connectivity index (χ4n) is 1.46. The zero-order valence-electron chi connectivity index (χ0n) is 14.2. The molecule has 1 aromatic rings. The molecule has 124 valence electrons. The van der Waals surface area contributed by atoms with Crippen molar-refractivity contribution in [3.8, 4) is 0 Å². The van der Waals surface area contributed by atoms with Gasteiger partial charge in [-0.25, -0.2) is 4.79 Å². The average molecular weight is 312 g/mol. The SMILES string of the molecule is CC(C)(C)OC(=O)c1n[nH]cc1B(O)OC(C)(C)C(C)(C)O. The van der Waals surface area contributed by atoms with Gasteiger partial charge in [0.15, 0.2) is 5.69 Å². The molecule has 7 nitrogen and oxygen atoms in total. The fourth-order valence-corrected chi connectivity index (χ4v) is 1.46. The second kappa shape index (κ2) is 6.02. The molecule has 0 aliphatic rings. The Morgan fingerprint density at radius 2 is 1.77 bits per heavy atom. The first-order chi connectivity index (χ1) is 9.74. The molecular formula is C14H25BN2O5. The van der Waals surface area contributed by atoms with Crippen LogP contribution in [-0.2, 0) is 9.39 Å². The van der Waals surface area contributed by atoms with E-state index < -0.39 is 29.9 Å². The Bertz CT molecular complexity index is 528. The van der Waals surface area contributed by atoms with Crippen LogP contribution in [0.15, 0.2) is 6.20 Å². The van der Waals surface area contributed by atoms with Gasteiger partial charge in [-0.05, 0) is 48.5 Å². The number of H-pyrrole nitrogens is 1. The number of aromatic amines is 1. The molecular weight excluding hydrogens is 287 g/mol. The summed E-state index contributed by atoms with van der Waals surface area (Å²) in [6.07, 6.45) is 1.37. The summed E-state index contributed by atoms with van der Waals surface area (Å²) in [4.78, 5) is 12.1. The lowest BCUT2D eigenvalue weighted by Crippen LogP contribution is -2.53. The maximum Gasteiger partial charge on any atom is 0.495 e. The largest absolute Gasteiger partial charge is 0.495 e. The molecule has 0 saturated heterocycles. The van der Waals surface area contributed by atoms with Gasteiger partial charge in [-0.2, -0.15) is 5.10 Å². The van der Waals surface area contributed by atoms with Gasteiger partial charge in [0.2, 0.25) is 0 Å². The topological polar surface area (TPSA) is 105 Å². The van der Waals surface area contributed by atoms with Crippen molar-refractivity contribution in [3.63, 3.8) is 0 Å². The van der Waals surface area contributed by atoms with Crippen LogP contribution in [0, 0.1) is 0 Å². The molecule has 1 aromatic heterocycles. The second-order valence-corrected chi connectivity index (χ2v) is 7.23. The highest BCUT2D eigenvalue weighted by Crippen LogP contribution is 2.25. The van der Waals surface area contributed by atoms with E-state index in [2.05, 4.69) is 10.2 Å². The number of ether oxygens (including phenoxy) is 1. The summed E-state index contributed by atoms with van der Waals surface area (Å²) >= 11 is 0. The molecule has 0 radical (unpaired) electrons. The van der Waals surface area contributed by atoms with Gasteiger partial charge in [-0.3, -0.25) is 5.10 Å². The first-order valence-electron chi connectivity index (χ1n) is 7.10. The number of esters is 1. The Balaban J connectivity index is 2.96. The molecule has 0 saturated carbocycles. The molecule has 0 bridgehead atoms. The van der Waals surface area contributed by atoms with Gasteiger partial charge in [-0.15, -0.1) is 0 Å². The summed E-state index contributed by atoms with van der Waals surface area (Å²) < 4.78 is 10.7. The third kappa shape index (κ3) is 4.56. The van der Waals surface area contributed by atoms with Crippen molar-refractivity contribution in [2.24, 2.45) is 0 Å². The number of aliphatic hydroxyl groups is 1. The Kier molecular flexibility index (Phi) is 5.11. The number of rotatable bonds is 5. The predicted molar refractivity (Wildman–Crippen MR) is 82.8 cm³/mol. The van der Waals surface area contributed by atoms with Crippen LogP contribution < -0.4 is 5.46 Å². The van der Waals surface area contributed by atoms with E-state index in [1.54, 1.807) is 48.5 Å². The van der Waals surface area contributed by atoms with Gasteiger partial charge in [0, 0.05) is 11.7 Å². The van der Waals surface area contributed by atoms with Crippen molar-refractivity contribution in [1.29, 1.82) is 0 Å². The van der Waals surface area contributed by atoms with E-state index in [1.165, 1.54) is 6.20 Å². The number of hydrogen-bond acceptors (Lipinski definition) is 6. The van der Waals surface area contributed by atoms with Gasteiger partial charge >= 0.3 is 13.1 Å². The lowest BCUT2D eigenvalue weighted by molar-refractivity contribution is -0.0982. The Hall–Kier alpha value is -1.38. The fraction of sp³-hybridized carbons (Fsp3) is 0.714. The maximum absolute atomic E-state index is 12.1. The standard InChI is InChI=1S/C14H25BN2O5/c1-12(2,3)21-11(18)10-9(8-16-17-10)15(20)22-14(6,7)13(4,5)19/h8,19-20H,1-7H3,(H,16,17). The number of aromatic nitrogens is 2. The smallest absolute Gasteiger partial charge is 0.455 e. The number of nitrogens with zero attached hydrogens (tertiary/aromatic N) is 1. The number of nitrogens with one attached hydrogen (secondary N) is 1. The maximum atomic E-state index is 12.1. The lowest BCUT2D eigenvalue weighted by atomic mass is 9.76. The first kappa shape index (κ1) is 18.7. The highest BCUT2D eigenvalue weighted by Gasteiger charge is 2.41. The minimum Gasteiger partial charge on any atom is -0.455 e. The van der Waals surface area contributed by atoms with Crippen molar-refractivity contribution in [1.82, 2.24) is 10.2 Å². The minimum atomic E-state index is -1.43. The summed E-state index contributed by atoms with van der Waals surface area (Å²) in [6.45, 7) is 11.6. The molecule has 1 heterocycles. The Labute approximate surface area is 131 Å². The highest BCUT2D eigenvalue weighted by atomic mass is 16.6. The molecule has 0 amide bonds. The molecule has 0 fully saturated rings. The van der Waals surface area contributed by atoms with Crippen molar-refractivity contribution >= 4 is 18.6 Å². The quantitative estimate of drug-likeness (QED) is 0.544. The van der Waals surface area contributed by atoms with Gasteiger partial charge in [0.1, 0.15) is 5.60 Å². The molecule has 22 heavy (non-hydrogen) atoms. The summed E-state index contributed by atoms with van der Waals surface area (Å²) in [6, 6.07) is 0. The number of carbonyl (C=O) groups is 1. The zero-order valence-corrected chi connectivity index (χ0v) is 14.2. The van der Waals surface area contributed by atoms with E-state index in [1.807, 2.05) is 0 Å². The summed E-state index contributed by atoms with van der Waals surface area (Å²) in [5.41, 5.74) is -2.80. The molecule has 0 aliphatic heterocycles. The van der Waals surface area contributed by atoms with Crippen molar-refractivity contribution in [2.45, 2.75) is 65.3 Å². The number of hydrogen-bond donors (Lipinski definition) is 3. The van der Waals surface area contributed by atoms with Gasteiger partial charge in [0.05, 0.1) is 11.2 Å². The predicted octanol–water partition coefficient (Wildman–Crippen LogP) is 0.619. The minimum absolute atomic E-state index is 0.0472. The molecule has 0 aromatic carbocycles. The second-order valence-electron chi connectivity index (χ2n) is 7.23. The van der Waals surface area contributed by atoms with Crippen LogP contribution in [0.25, 0.3) is 0 Å². The molecule has 3 N–H and O–H groups in total. The third-order valence-corrected chi connectivity index (χ3v) is 3.41. The van der Waals surface area contributed by atoms with E-state index in [0.717, 1.165) is 0 Å². The van der Waals surface area contributed by atoms with Crippen molar-refractivity contribution in [2.75, 3.05) is 0 Å². The van der Waals surface area contributed by atoms with E-state index in [9.17, 15) is 14.9 Å². The summed E-state index contributed by atoms with van der Waals surface area (Å²) in [7, 11) is -1.43.